The molecule has 0 fully saturated rings. The number of para-hydroxylation sites is 1. The Morgan fingerprint density at radius 1 is 1.14 bits per heavy atom. The van der Waals surface area contributed by atoms with Gasteiger partial charge in [-0.1, -0.05) is 25.1 Å². The fourth-order valence-electron chi connectivity index (χ4n) is 3.18. The molecule has 2 aromatic carbocycles. The van der Waals surface area contributed by atoms with E-state index in [9.17, 15) is 18.0 Å². The maximum absolute atomic E-state index is 12.8. The van der Waals surface area contributed by atoms with Gasteiger partial charge in [0.2, 0.25) is 11.8 Å². The number of hydrogen-bond donors (Lipinski definition) is 1. The molecule has 0 spiro atoms. The number of sulfone groups is 1. The number of amides is 2. The minimum atomic E-state index is -3.66. The molecule has 0 unspecified atom stereocenters. The molecule has 1 N–H and O–H groups in total. The summed E-state index contributed by atoms with van der Waals surface area (Å²) in [6.07, 6.45) is 0.592. The van der Waals surface area contributed by atoms with Crippen LogP contribution in [0.15, 0.2) is 58.3 Å². The lowest BCUT2D eigenvalue weighted by Gasteiger charge is -2.23. The van der Waals surface area contributed by atoms with Crippen molar-refractivity contribution in [3.8, 4) is 0 Å². The van der Waals surface area contributed by atoms with E-state index in [1.807, 2.05) is 44.2 Å². The minimum absolute atomic E-state index is 0.110. The van der Waals surface area contributed by atoms with Crippen LogP contribution in [0.3, 0.4) is 0 Å². The first-order valence-corrected chi connectivity index (χ1v) is 12.1. The predicted octanol–water partition coefficient (Wildman–Crippen LogP) is 3.73. The van der Waals surface area contributed by atoms with Crippen molar-refractivity contribution in [3.05, 3.63) is 48.5 Å². The predicted molar refractivity (Wildman–Crippen MR) is 116 cm³/mol. The van der Waals surface area contributed by atoms with Gasteiger partial charge in [-0.05, 0) is 43.7 Å². The summed E-state index contributed by atoms with van der Waals surface area (Å²) in [5, 5.41) is 2.62. The number of thioether (sulfide) groups is 1. The molecule has 3 rings (SSSR count). The molecule has 154 valence electrons. The van der Waals surface area contributed by atoms with E-state index in [4.69, 9.17) is 0 Å². The summed E-state index contributed by atoms with van der Waals surface area (Å²) in [5.74, 6) is -0.641. The van der Waals surface area contributed by atoms with Crippen molar-refractivity contribution in [1.29, 1.82) is 0 Å². The molecule has 0 bridgehead atoms. The third-order valence-corrected chi connectivity index (χ3v) is 7.93. The van der Waals surface area contributed by atoms with E-state index in [1.54, 1.807) is 17.0 Å². The number of carbonyl (C=O) groups excluding carboxylic acids is 2. The number of rotatable bonds is 7. The number of benzene rings is 2. The highest BCUT2D eigenvalue weighted by atomic mass is 32.2. The number of carbonyl (C=O) groups is 2. The Kier molecular flexibility index (Phi) is 6.64. The highest BCUT2D eigenvalue weighted by Gasteiger charge is 2.27. The topological polar surface area (TPSA) is 83.6 Å². The zero-order chi connectivity index (χ0) is 21.0. The SMILES string of the molecule is CC[C@@H]1Sc2ccc(S(=O)(=O)CCC(=O)N(CC)c3ccccc3)cc2NC1=O. The van der Waals surface area contributed by atoms with Crippen LogP contribution in [0, 0.1) is 0 Å². The van der Waals surface area contributed by atoms with Crippen LogP contribution in [0.25, 0.3) is 0 Å². The van der Waals surface area contributed by atoms with Gasteiger partial charge in [-0.15, -0.1) is 11.8 Å². The normalized spacial score (nSPS) is 16.1. The minimum Gasteiger partial charge on any atom is -0.324 e. The van der Waals surface area contributed by atoms with E-state index in [-0.39, 0.29) is 34.1 Å². The number of nitrogens with zero attached hydrogens (tertiary/aromatic N) is 1. The van der Waals surface area contributed by atoms with Crippen molar-refractivity contribution in [3.63, 3.8) is 0 Å². The summed E-state index contributed by atoms with van der Waals surface area (Å²) in [4.78, 5) is 27.2. The molecule has 8 heteroatoms. The molecule has 1 aliphatic heterocycles. The Balaban J connectivity index is 1.72. The van der Waals surface area contributed by atoms with Crippen LogP contribution < -0.4 is 10.2 Å². The van der Waals surface area contributed by atoms with E-state index in [0.717, 1.165) is 10.6 Å². The van der Waals surface area contributed by atoms with Crippen molar-refractivity contribution in [2.24, 2.45) is 0 Å². The molecule has 0 saturated heterocycles. The summed E-state index contributed by atoms with van der Waals surface area (Å²) in [6.45, 7) is 4.25. The van der Waals surface area contributed by atoms with Crippen molar-refractivity contribution in [1.82, 2.24) is 0 Å². The number of hydrogen-bond acceptors (Lipinski definition) is 5. The van der Waals surface area contributed by atoms with Gasteiger partial charge < -0.3 is 10.2 Å². The maximum Gasteiger partial charge on any atom is 0.237 e. The highest BCUT2D eigenvalue weighted by molar-refractivity contribution is 8.01. The smallest absolute Gasteiger partial charge is 0.237 e. The van der Waals surface area contributed by atoms with Gasteiger partial charge in [-0.3, -0.25) is 9.59 Å². The molecule has 6 nitrogen and oxygen atoms in total. The largest absolute Gasteiger partial charge is 0.324 e. The van der Waals surface area contributed by atoms with Crippen molar-refractivity contribution < 1.29 is 18.0 Å². The molecule has 1 heterocycles. The molecular weight excluding hydrogens is 408 g/mol. The Bertz CT molecular complexity index is 1010. The van der Waals surface area contributed by atoms with Gasteiger partial charge in [0.05, 0.1) is 21.6 Å². The van der Waals surface area contributed by atoms with Gasteiger partial charge >= 0.3 is 0 Å². The van der Waals surface area contributed by atoms with E-state index >= 15 is 0 Å². The Morgan fingerprint density at radius 3 is 2.52 bits per heavy atom. The van der Waals surface area contributed by atoms with Crippen LogP contribution in [-0.2, 0) is 19.4 Å². The van der Waals surface area contributed by atoms with Crippen LogP contribution in [-0.4, -0.2) is 37.8 Å². The third kappa shape index (κ3) is 4.82. The lowest BCUT2D eigenvalue weighted by atomic mass is 10.2. The first-order valence-electron chi connectivity index (χ1n) is 9.55. The van der Waals surface area contributed by atoms with Crippen LogP contribution in [0.4, 0.5) is 11.4 Å². The Hall–Kier alpha value is -2.32. The fraction of sp³-hybridized carbons (Fsp3) is 0.333. The highest BCUT2D eigenvalue weighted by Crippen LogP contribution is 2.38. The zero-order valence-corrected chi connectivity index (χ0v) is 18.1. The molecule has 2 amide bonds. The number of fused-ring (bicyclic) bond motifs is 1. The standard InChI is InChI=1S/C21H24N2O4S2/c1-3-18-21(25)22-17-14-16(10-11-19(17)28-18)29(26,27)13-12-20(24)23(4-2)15-8-6-5-7-9-15/h5-11,14,18H,3-4,12-13H2,1-2H3,(H,22,25)/t18-/m0/s1. The average molecular weight is 433 g/mol. The van der Waals surface area contributed by atoms with E-state index < -0.39 is 9.84 Å². The summed E-state index contributed by atoms with van der Waals surface area (Å²) in [5.41, 5.74) is 1.26. The zero-order valence-electron chi connectivity index (χ0n) is 16.4. The second kappa shape index (κ2) is 9.00. The van der Waals surface area contributed by atoms with Crippen LogP contribution in [0.5, 0.6) is 0 Å². The quantitative estimate of drug-likeness (QED) is 0.721. The van der Waals surface area contributed by atoms with Gasteiger partial charge in [-0.25, -0.2) is 8.42 Å². The number of nitrogens with one attached hydrogen (secondary N) is 1. The summed E-state index contributed by atoms with van der Waals surface area (Å²) in [6, 6.07) is 13.9. The lowest BCUT2D eigenvalue weighted by Crippen LogP contribution is -2.32. The first-order chi connectivity index (χ1) is 13.9. The average Bonchev–Trinajstić information content (AvgIpc) is 2.72. The molecule has 1 atom stereocenters. The van der Waals surface area contributed by atoms with Crippen LogP contribution in [0.1, 0.15) is 26.7 Å². The molecule has 0 saturated carbocycles. The molecular formula is C21H24N2O4S2. The third-order valence-electron chi connectivity index (χ3n) is 4.77. The Morgan fingerprint density at radius 2 is 1.86 bits per heavy atom. The summed E-state index contributed by atoms with van der Waals surface area (Å²) in [7, 11) is -3.66. The van der Waals surface area contributed by atoms with Gasteiger partial charge in [0, 0.05) is 23.5 Å². The maximum atomic E-state index is 12.8. The van der Waals surface area contributed by atoms with Gasteiger partial charge in [0.15, 0.2) is 9.84 Å². The molecule has 29 heavy (non-hydrogen) atoms. The second-order valence-electron chi connectivity index (χ2n) is 6.70. The summed E-state index contributed by atoms with van der Waals surface area (Å²) >= 11 is 1.44. The fourth-order valence-corrected chi connectivity index (χ4v) is 5.45. The Labute approximate surface area is 175 Å². The van der Waals surface area contributed by atoms with Crippen LogP contribution in [0.2, 0.25) is 0 Å². The molecule has 1 aliphatic rings. The van der Waals surface area contributed by atoms with E-state index in [2.05, 4.69) is 5.32 Å². The van der Waals surface area contributed by atoms with E-state index in [1.165, 1.54) is 17.8 Å². The molecule has 0 aromatic heterocycles. The monoisotopic (exact) mass is 432 g/mol. The lowest BCUT2D eigenvalue weighted by molar-refractivity contribution is -0.118. The van der Waals surface area contributed by atoms with Gasteiger partial charge in [0.1, 0.15) is 0 Å². The summed E-state index contributed by atoms with van der Waals surface area (Å²) < 4.78 is 25.6. The van der Waals surface area contributed by atoms with Crippen molar-refractivity contribution in [2.45, 2.75) is 41.7 Å². The van der Waals surface area contributed by atoms with Crippen LogP contribution >= 0.6 is 11.8 Å². The molecule has 2 aromatic rings. The number of anilines is 2. The molecule has 0 aliphatic carbocycles. The first kappa shape index (κ1) is 21.4. The van der Waals surface area contributed by atoms with Crippen molar-refractivity contribution in [2.75, 3.05) is 22.5 Å². The van der Waals surface area contributed by atoms with E-state index in [0.29, 0.717) is 18.7 Å². The molecule has 0 radical (unpaired) electrons. The van der Waals surface area contributed by atoms with Gasteiger partial charge in [-0.2, -0.15) is 0 Å². The van der Waals surface area contributed by atoms with Crippen molar-refractivity contribution >= 4 is 44.8 Å². The second-order valence-corrected chi connectivity index (χ2v) is 10.1. The van der Waals surface area contributed by atoms with Gasteiger partial charge in [0.25, 0.3) is 0 Å².